The Morgan fingerprint density at radius 3 is 2.79 bits per heavy atom. The molecule has 3 heterocycles. The average molecular weight is 404 g/mol. The molecule has 3 rings (SSSR count). The number of thiophene rings is 2. The highest BCUT2D eigenvalue weighted by Gasteiger charge is 2.22. The number of nitrogens with one attached hydrogen (secondary N) is 1. The van der Waals surface area contributed by atoms with Gasteiger partial charge < -0.3 is 21.3 Å². The van der Waals surface area contributed by atoms with Gasteiger partial charge in [-0.3, -0.25) is 0 Å². The van der Waals surface area contributed by atoms with E-state index in [1.54, 1.807) is 22.7 Å². The number of halogens is 1. The highest BCUT2D eigenvalue weighted by atomic mass is 35.5. The molecular weight excluding hydrogens is 386 g/mol. The lowest BCUT2D eigenvalue weighted by Gasteiger charge is -2.19. The number of aliphatic hydroxyl groups excluding tert-OH is 2. The largest absolute Gasteiger partial charge is 0.396 e. The zero-order valence-corrected chi connectivity index (χ0v) is 15.9. The van der Waals surface area contributed by atoms with Crippen LogP contribution in [0, 0.1) is 5.92 Å². The number of hydrogen-bond acceptors (Lipinski definition) is 8. The smallest absolute Gasteiger partial charge is 0.127 e. The Bertz CT molecular complexity index is 783. The summed E-state index contributed by atoms with van der Waals surface area (Å²) in [5.74, 6) is -0.343. The molecule has 0 aliphatic heterocycles. The summed E-state index contributed by atoms with van der Waals surface area (Å²) in [5, 5.41) is 25.6. The lowest BCUT2D eigenvalue weighted by atomic mass is 9.99. The molecule has 3 aromatic heterocycles. The molecule has 0 unspecified atom stereocenters. The molecule has 0 aromatic carbocycles. The van der Waals surface area contributed by atoms with Crippen molar-refractivity contribution in [1.29, 1.82) is 0 Å². The minimum atomic E-state index is -0.343. The summed E-state index contributed by atoms with van der Waals surface area (Å²) < 4.78 is 5.49. The summed E-state index contributed by atoms with van der Waals surface area (Å²) >= 11 is 11.1. The Balaban J connectivity index is 1.77. The molecule has 3 aromatic rings. The van der Waals surface area contributed by atoms with Crippen LogP contribution in [0.1, 0.15) is 9.75 Å². The van der Waals surface area contributed by atoms with Gasteiger partial charge in [-0.05, 0) is 29.4 Å². The number of anilines is 1. The van der Waals surface area contributed by atoms with Crippen LogP contribution in [0.4, 0.5) is 5.00 Å². The fourth-order valence-electron chi connectivity index (χ4n) is 2.35. The first kappa shape index (κ1) is 18.1. The normalized spacial score (nSPS) is 13.0. The Morgan fingerprint density at radius 2 is 2.12 bits per heavy atom. The third kappa shape index (κ3) is 3.75. The molecule has 0 saturated heterocycles. The molecule has 9 heteroatoms. The molecule has 5 nitrogen and oxygen atoms in total. The second-order valence-electron chi connectivity index (χ2n) is 5.45. The molecule has 5 N–H and O–H groups in total. The van der Waals surface area contributed by atoms with Crippen LogP contribution in [0.3, 0.4) is 0 Å². The zero-order chi connectivity index (χ0) is 17.1. The van der Waals surface area contributed by atoms with Gasteiger partial charge in [-0.25, -0.2) is 0 Å². The van der Waals surface area contributed by atoms with E-state index in [0.717, 1.165) is 26.6 Å². The van der Waals surface area contributed by atoms with Crippen molar-refractivity contribution in [2.45, 2.75) is 19.0 Å². The van der Waals surface area contributed by atoms with Crippen molar-refractivity contribution in [3.05, 3.63) is 32.3 Å². The fourth-order valence-corrected chi connectivity index (χ4v) is 5.52. The molecule has 0 fully saturated rings. The van der Waals surface area contributed by atoms with E-state index in [0.29, 0.717) is 11.4 Å². The minimum Gasteiger partial charge on any atom is -0.396 e. The predicted molar refractivity (Wildman–Crippen MR) is 103 cm³/mol. The molecule has 130 valence electrons. The quantitative estimate of drug-likeness (QED) is 0.463. The third-order valence-electron chi connectivity index (χ3n) is 3.83. The summed E-state index contributed by atoms with van der Waals surface area (Å²) in [7, 11) is 0. The maximum atomic E-state index is 9.26. The number of aromatic nitrogens is 1. The first-order valence-corrected chi connectivity index (χ1v) is 10.3. The molecule has 1 atom stereocenters. The topological polar surface area (TPSA) is 91.4 Å². The number of hydrogen-bond donors (Lipinski definition) is 4. The van der Waals surface area contributed by atoms with E-state index in [4.69, 9.17) is 17.3 Å². The molecular formula is C15H18ClN3O2S3. The van der Waals surface area contributed by atoms with Gasteiger partial charge in [-0.2, -0.15) is 4.37 Å². The maximum absolute atomic E-state index is 9.26. The van der Waals surface area contributed by atoms with Crippen molar-refractivity contribution >= 4 is 61.0 Å². The first-order valence-electron chi connectivity index (χ1n) is 7.44. The zero-order valence-electron chi connectivity index (χ0n) is 12.7. The summed E-state index contributed by atoms with van der Waals surface area (Å²) in [6.07, 6.45) is 0.515. The van der Waals surface area contributed by atoms with E-state index in [9.17, 15) is 10.2 Å². The maximum Gasteiger partial charge on any atom is 0.127 e. The van der Waals surface area contributed by atoms with E-state index in [1.807, 2.05) is 6.07 Å². The van der Waals surface area contributed by atoms with Crippen LogP contribution < -0.4 is 11.1 Å². The lowest BCUT2D eigenvalue weighted by Crippen LogP contribution is -2.36. The van der Waals surface area contributed by atoms with Crippen LogP contribution >= 0.6 is 45.8 Å². The lowest BCUT2D eigenvalue weighted by molar-refractivity contribution is 0.131. The molecule has 0 radical (unpaired) electrons. The third-order valence-corrected chi connectivity index (χ3v) is 7.37. The fraction of sp³-hybridized carbons (Fsp3) is 0.400. The highest BCUT2D eigenvalue weighted by molar-refractivity contribution is 7.25. The molecule has 0 aliphatic rings. The van der Waals surface area contributed by atoms with Gasteiger partial charge in [0, 0.05) is 34.9 Å². The Morgan fingerprint density at radius 1 is 1.33 bits per heavy atom. The van der Waals surface area contributed by atoms with Gasteiger partial charge in [-0.15, -0.1) is 22.7 Å². The second kappa shape index (κ2) is 8.09. The summed E-state index contributed by atoms with van der Waals surface area (Å²) in [6, 6.07) is 3.78. The second-order valence-corrected chi connectivity index (χ2v) is 8.74. The molecule has 0 spiro atoms. The van der Waals surface area contributed by atoms with Crippen LogP contribution in [0.5, 0.6) is 0 Å². The summed E-state index contributed by atoms with van der Waals surface area (Å²) in [6.45, 7) is 0.483. The predicted octanol–water partition coefficient (Wildman–Crippen LogP) is 3.16. The van der Waals surface area contributed by atoms with Crippen LogP contribution in [0.2, 0.25) is 5.02 Å². The van der Waals surface area contributed by atoms with E-state index in [2.05, 4.69) is 21.1 Å². The van der Waals surface area contributed by atoms with Crippen molar-refractivity contribution < 1.29 is 10.2 Å². The number of nitrogens with zero attached hydrogens (tertiary/aromatic N) is 1. The van der Waals surface area contributed by atoms with Gasteiger partial charge in [0.15, 0.2) is 0 Å². The Labute approximate surface area is 156 Å². The monoisotopic (exact) mass is 403 g/mol. The van der Waals surface area contributed by atoms with Gasteiger partial charge in [0.25, 0.3) is 0 Å². The highest BCUT2D eigenvalue weighted by Crippen LogP contribution is 2.42. The SMILES string of the molecule is N[C@H](Cc1sc2c(NCc3cccs3)snc2c1Cl)C(CO)CO. The van der Waals surface area contributed by atoms with Crippen LogP contribution in [0.15, 0.2) is 17.5 Å². The Hall–Kier alpha value is -0.740. The van der Waals surface area contributed by atoms with Crippen molar-refractivity contribution in [1.82, 2.24) is 4.37 Å². The molecule has 0 bridgehead atoms. The molecule has 0 saturated carbocycles. The summed E-state index contributed by atoms with van der Waals surface area (Å²) in [4.78, 5) is 2.20. The van der Waals surface area contributed by atoms with E-state index >= 15 is 0 Å². The van der Waals surface area contributed by atoms with E-state index < -0.39 is 0 Å². The first-order chi connectivity index (χ1) is 11.6. The van der Waals surface area contributed by atoms with Gasteiger partial charge in [0.2, 0.25) is 0 Å². The van der Waals surface area contributed by atoms with Crippen molar-refractivity contribution in [3.8, 4) is 0 Å². The molecule has 24 heavy (non-hydrogen) atoms. The standard InChI is InChI=1S/C15H18ClN3O2S3/c16-12-11(4-10(17)8(6-20)7-21)23-14-13(12)19-24-15(14)18-5-9-2-1-3-22-9/h1-3,8,10,18,20-21H,4-7,17H2/t10-/m1/s1. The van der Waals surface area contributed by atoms with Crippen molar-refractivity contribution in [3.63, 3.8) is 0 Å². The van der Waals surface area contributed by atoms with Gasteiger partial charge in [-0.1, -0.05) is 17.7 Å². The number of aliphatic hydroxyl groups is 2. The minimum absolute atomic E-state index is 0.139. The van der Waals surface area contributed by atoms with Crippen molar-refractivity contribution in [2.75, 3.05) is 18.5 Å². The average Bonchev–Trinajstić information content (AvgIpc) is 3.27. The van der Waals surface area contributed by atoms with Crippen molar-refractivity contribution in [2.24, 2.45) is 11.7 Å². The van der Waals surface area contributed by atoms with Gasteiger partial charge in [0.05, 0.1) is 16.3 Å². The van der Waals surface area contributed by atoms with Crippen LogP contribution in [-0.2, 0) is 13.0 Å². The Kier molecular flexibility index (Phi) is 6.09. The number of fused-ring (bicyclic) bond motifs is 1. The number of nitrogens with two attached hydrogens (primary N) is 1. The van der Waals surface area contributed by atoms with Gasteiger partial charge in [0.1, 0.15) is 10.5 Å². The van der Waals surface area contributed by atoms with E-state index in [-0.39, 0.29) is 25.2 Å². The molecule has 0 amide bonds. The van der Waals surface area contributed by atoms with Gasteiger partial charge >= 0.3 is 0 Å². The number of rotatable bonds is 8. The van der Waals surface area contributed by atoms with Crippen LogP contribution in [-0.4, -0.2) is 33.8 Å². The molecule has 0 aliphatic carbocycles. The summed E-state index contributed by atoms with van der Waals surface area (Å²) in [5.41, 5.74) is 6.89. The van der Waals surface area contributed by atoms with E-state index in [1.165, 1.54) is 16.4 Å². The van der Waals surface area contributed by atoms with Crippen LogP contribution in [0.25, 0.3) is 10.2 Å².